The van der Waals surface area contributed by atoms with Crippen LogP contribution in [0.4, 0.5) is 0 Å². The molecule has 1 fully saturated rings. The molecule has 1 aromatic heterocycles. The van der Waals surface area contributed by atoms with Crippen LogP contribution in [0.2, 0.25) is 0 Å². The minimum absolute atomic E-state index is 0.108. The molecule has 7 nitrogen and oxygen atoms in total. The van der Waals surface area contributed by atoms with Crippen molar-refractivity contribution in [3.8, 4) is 0 Å². The number of carbonyl (C=O) groups excluding carboxylic acids is 1. The summed E-state index contributed by atoms with van der Waals surface area (Å²) in [6, 6.07) is 9.70. The lowest BCUT2D eigenvalue weighted by Crippen LogP contribution is -2.51. The smallest absolute Gasteiger partial charge is 0.313 e. The Morgan fingerprint density at radius 1 is 1.24 bits per heavy atom. The Bertz CT molecular complexity index is 985. The van der Waals surface area contributed by atoms with Gasteiger partial charge in [0.1, 0.15) is 4.90 Å². The van der Waals surface area contributed by atoms with Crippen LogP contribution in [0.1, 0.15) is 36.7 Å². The molecule has 1 saturated heterocycles. The summed E-state index contributed by atoms with van der Waals surface area (Å²) >= 11 is 0. The van der Waals surface area contributed by atoms with Crippen molar-refractivity contribution in [1.82, 2.24) is 14.1 Å². The molecule has 1 aliphatic heterocycles. The van der Waals surface area contributed by atoms with Crippen LogP contribution >= 0.6 is 0 Å². The average Bonchev–Trinajstić information content (AvgIpc) is 2.95. The Hall–Kier alpha value is -2.19. The number of nitrogens with zero attached hydrogens (tertiary/aromatic N) is 3. The summed E-state index contributed by atoms with van der Waals surface area (Å²) in [5.41, 5.74) is 1.17. The molecule has 2 aromatic rings. The summed E-state index contributed by atoms with van der Waals surface area (Å²) in [5.74, 6) is -0.330. The van der Waals surface area contributed by atoms with Crippen LogP contribution in [-0.4, -0.2) is 48.2 Å². The van der Waals surface area contributed by atoms with Gasteiger partial charge >= 0.3 is 5.97 Å². The third kappa shape index (κ3) is 4.09. The van der Waals surface area contributed by atoms with E-state index in [2.05, 4.69) is 5.10 Å². The Kier molecular flexibility index (Phi) is 6.14. The van der Waals surface area contributed by atoms with E-state index < -0.39 is 15.4 Å². The van der Waals surface area contributed by atoms with E-state index in [4.69, 9.17) is 4.74 Å². The molecule has 1 atom stereocenters. The molecule has 158 valence electrons. The summed E-state index contributed by atoms with van der Waals surface area (Å²) in [4.78, 5) is 13.2. The van der Waals surface area contributed by atoms with E-state index in [9.17, 15) is 13.2 Å². The molecule has 0 N–H and O–H groups in total. The van der Waals surface area contributed by atoms with Crippen molar-refractivity contribution in [3.63, 3.8) is 0 Å². The number of carbonyl (C=O) groups is 1. The lowest BCUT2D eigenvalue weighted by Gasteiger charge is -2.40. The standard InChI is InChI=1S/C21H29N3O4S/c1-5-28-20(25)21(14-18-10-7-6-8-11-18)12-9-13-24(15-21)29(26,27)19-16(2)22-23(4)17(19)3/h6-8,10-11H,5,9,12-15H2,1-4H3/t21-/m0/s1. The lowest BCUT2D eigenvalue weighted by atomic mass is 9.75. The molecule has 0 aliphatic carbocycles. The third-order valence-corrected chi connectivity index (χ3v) is 7.77. The highest BCUT2D eigenvalue weighted by Crippen LogP contribution is 2.38. The van der Waals surface area contributed by atoms with Gasteiger partial charge in [0.15, 0.2) is 0 Å². The van der Waals surface area contributed by atoms with Gasteiger partial charge in [0.05, 0.1) is 23.4 Å². The maximum absolute atomic E-state index is 13.5. The SMILES string of the molecule is CCOC(=O)[C@]1(Cc2ccccc2)CCCN(S(=O)(=O)c2c(C)nn(C)c2C)C1. The number of ether oxygens (including phenoxy) is 1. The van der Waals surface area contributed by atoms with Gasteiger partial charge in [-0.2, -0.15) is 9.40 Å². The summed E-state index contributed by atoms with van der Waals surface area (Å²) in [6.45, 7) is 5.98. The van der Waals surface area contributed by atoms with E-state index in [-0.39, 0.29) is 24.0 Å². The summed E-state index contributed by atoms with van der Waals surface area (Å²) in [6.07, 6.45) is 1.64. The molecule has 0 spiro atoms. The fraction of sp³-hybridized carbons (Fsp3) is 0.524. The van der Waals surface area contributed by atoms with Gasteiger partial charge in [0, 0.05) is 20.1 Å². The van der Waals surface area contributed by atoms with Crippen molar-refractivity contribution < 1.29 is 17.9 Å². The molecular weight excluding hydrogens is 390 g/mol. The van der Waals surface area contributed by atoms with Crippen molar-refractivity contribution in [2.24, 2.45) is 12.5 Å². The molecule has 1 aliphatic rings. The number of sulfonamides is 1. The molecule has 0 saturated carbocycles. The Morgan fingerprint density at radius 3 is 2.52 bits per heavy atom. The average molecular weight is 420 g/mol. The number of aryl methyl sites for hydroxylation is 2. The van der Waals surface area contributed by atoms with Crippen LogP contribution in [0, 0.1) is 19.3 Å². The highest BCUT2D eigenvalue weighted by molar-refractivity contribution is 7.89. The fourth-order valence-corrected chi connectivity index (χ4v) is 6.17. The molecule has 0 unspecified atom stereocenters. The topological polar surface area (TPSA) is 81.5 Å². The highest BCUT2D eigenvalue weighted by atomic mass is 32.2. The number of benzene rings is 1. The van der Waals surface area contributed by atoms with Crippen molar-refractivity contribution in [3.05, 3.63) is 47.3 Å². The van der Waals surface area contributed by atoms with E-state index >= 15 is 0 Å². The molecular formula is C21H29N3O4S. The molecule has 0 radical (unpaired) electrons. The second-order valence-electron chi connectivity index (χ2n) is 7.73. The Morgan fingerprint density at radius 2 is 1.93 bits per heavy atom. The zero-order valence-electron chi connectivity index (χ0n) is 17.5. The van der Waals surface area contributed by atoms with Crippen molar-refractivity contribution in [2.45, 2.75) is 44.9 Å². The van der Waals surface area contributed by atoms with Crippen LogP contribution < -0.4 is 0 Å². The van der Waals surface area contributed by atoms with Crippen LogP contribution in [0.3, 0.4) is 0 Å². The molecule has 1 aromatic carbocycles. The number of piperidine rings is 1. The maximum Gasteiger partial charge on any atom is 0.313 e. The van der Waals surface area contributed by atoms with E-state index in [0.717, 1.165) is 5.56 Å². The second-order valence-corrected chi connectivity index (χ2v) is 9.60. The van der Waals surface area contributed by atoms with Crippen molar-refractivity contribution >= 4 is 16.0 Å². The predicted octanol–water partition coefficient (Wildman–Crippen LogP) is 2.61. The number of esters is 1. The van der Waals surface area contributed by atoms with Gasteiger partial charge in [-0.1, -0.05) is 30.3 Å². The second kappa shape index (κ2) is 8.28. The third-order valence-electron chi connectivity index (χ3n) is 5.68. The van der Waals surface area contributed by atoms with Crippen molar-refractivity contribution in [1.29, 1.82) is 0 Å². The van der Waals surface area contributed by atoms with Gasteiger partial charge in [0.25, 0.3) is 0 Å². The molecule has 8 heteroatoms. The van der Waals surface area contributed by atoms with E-state index in [0.29, 0.717) is 37.2 Å². The minimum atomic E-state index is -3.77. The summed E-state index contributed by atoms with van der Waals surface area (Å²) in [5, 5.41) is 4.26. The lowest BCUT2D eigenvalue weighted by molar-refractivity contribution is -0.157. The van der Waals surface area contributed by atoms with Crippen LogP contribution in [0.5, 0.6) is 0 Å². The Labute approximate surface area is 172 Å². The first-order valence-electron chi connectivity index (χ1n) is 9.93. The summed E-state index contributed by atoms with van der Waals surface area (Å²) in [7, 11) is -2.04. The zero-order valence-corrected chi connectivity index (χ0v) is 18.3. The fourth-order valence-electron chi connectivity index (χ4n) is 4.21. The largest absolute Gasteiger partial charge is 0.466 e. The quantitative estimate of drug-likeness (QED) is 0.673. The van der Waals surface area contributed by atoms with Gasteiger partial charge in [-0.25, -0.2) is 8.42 Å². The molecule has 0 bridgehead atoms. The molecule has 2 heterocycles. The van der Waals surface area contributed by atoms with Gasteiger partial charge in [-0.15, -0.1) is 0 Å². The first-order valence-corrected chi connectivity index (χ1v) is 11.4. The molecule has 0 amide bonds. The molecule has 29 heavy (non-hydrogen) atoms. The normalized spacial score (nSPS) is 20.6. The van der Waals surface area contributed by atoms with Gasteiger partial charge in [-0.05, 0) is 45.6 Å². The number of hydrogen-bond acceptors (Lipinski definition) is 5. The number of rotatable bonds is 6. The minimum Gasteiger partial charge on any atom is -0.466 e. The number of hydrogen-bond donors (Lipinski definition) is 0. The molecule has 3 rings (SSSR count). The van der Waals surface area contributed by atoms with E-state index in [1.54, 1.807) is 32.5 Å². The zero-order chi connectivity index (χ0) is 21.2. The first-order chi connectivity index (χ1) is 13.7. The Balaban J connectivity index is 1.99. The van der Waals surface area contributed by atoms with E-state index in [1.807, 2.05) is 30.3 Å². The predicted molar refractivity (Wildman–Crippen MR) is 110 cm³/mol. The van der Waals surface area contributed by atoms with Gasteiger partial charge in [-0.3, -0.25) is 9.48 Å². The first kappa shape index (κ1) is 21.5. The van der Waals surface area contributed by atoms with Crippen molar-refractivity contribution in [2.75, 3.05) is 19.7 Å². The van der Waals surface area contributed by atoms with E-state index in [1.165, 1.54) is 4.31 Å². The van der Waals surface area contributed by atoms with Crippen LogP contribution in [-0.2, 0) is 33.0 Å². The maximum atomic E-state index is 13.5. The monoisotopic (exact) mass is 419 g/mol. The van der Waals surface area contributed by atoms with Gasteiger partial charge in [0.2, 0.25) is 10.0 Å². The number of aromatic nitrogens is 2. The summed E-state index contributed by atoms with van der Waals surface area (Å²) < 4.78 is 35.4. The van der Waals surface area contributed by atoms with Crippen LogP contribution in [0.25, 0.3) is 0 Å². The highest BCUT2D eigenvalue weighted by Gasteiger charge is 2.47. The van der Waals surface area contributed by atoms with Gasteiger partial charge < -0.3 is 4.74 Å². The van der Waals surface area contributed by atoms with Crippen LogP contribution in [0.15, 0.2) is 35.2 Å².